The monoisotopic (exact) mass is 642 g/mol. The van der Waals surface area contributed by atoms with E-state index in [9.17, 15) is 15.3 Å². The maximum Gasteiger partial charge on any atom is 3.00 e. The van der Waals surface area contributed by atoms with Crippen LogP contribution >= 0.6 is 0 Å². The van der Waals surface area contributed by atoms with Gasteiger partial charge >= 0.3 is 17.4 Å². The molecule has 3 nitrogen and oxygen atoms in total. The van der Waals surface area contributed by atoms with Gasteiger partial charge in [-0.15, -0.1) is 17.2 Å². The zero-order valence-electron chi connectivity index (χ0n) is 32.5. The first-order chi connectivity index (χ1) is 19.9. The van der Waals surface area contributed by atoms with Crippen molar-refractivity contribution in [2.75, 3.05) is 0 Å². The fourth-order valence-corrected chi connectivity index (χ4v) is 4.75. The van der Waals surface area contributed by atoms with Crippen molar-refractivity contribution >= 4 is 17.4 Å². The van der Waals surface area contributed by atoms with Crippen molar-refractivity contribution in [3.05, 3.63) is 88.0 Å². The van der Waals surface area contributed by atoms with Crippen LogP contribution in [-0.4, -0.2) is 17.4 Å². The molecule has 0 aliphatic heterocycles. The van der Waals surface area contributed by atoms with E-state index in [-0.39, 0.29) is 67.1 Å². The largest absolute Gasteiger partial charge is 3.00 e. The summed E-state index contributed by atoms with van der Waals surface area (Å²) < 4.78 is 0. The van der Waals surface area contributed by atoms with Gasteiger partial charge in [-0.25, -0.2) is 0 Å². The molecule has 0 amide bonds. The SMILES string of the molecule is CC(C)(C)c1ccc([O-])c(C(C)(C)C)c1.CC(C)(C)c1ccc([O-])c(C(C)(C)C)c1.CC(C)(C)c1ccc([O-])c(C(C)(C)C)c1.[Al+3]. The van der Waals surface area contributed by atoms with E-state index in [4.69, 9.17) is 0 Å². The van der Waals surface area contributed by atoms with Crippen LogP contribution in [-0.2, 0) is 32.5 Å². The minimum absolute atomic E-state index is 0. The van der Waals surface area contributed by atoms with Crippen LogP contribution in [0.4, 0.5) is 0 Å². The Bertz CT molecular complexity index is 1230. The minimum atomic E-state index is -0.0711. The molecule has 3 aromatic rings. The average molecular weight is 643 g/mol. The average Bonchev–Trinajstić information content (AvgIpc) is 2.81. The Balaban J connectivity index is 0.000000653. The van der Waals surface area contributed by atoms with Gasteiger partial charge in [-0.2, -0.15) is 0 Å². The molecule has 0 fully saturated rings. The topological polar surface area (TPSA) is 69.2 Å². The second kappa shape index (κ2) is 15.2. The molecule has 0 bridgehead atoms. The first-order valence-corrected chi connectivity index (χ1v) is 16.3. The normalized spacial score (nSPS) is 12.7. The molecule has 0 aliphatic carbocycles. The summed E-state index contributed by atoms with van der Waals surface area (Å²) in [6.07, 6.45) is 0. The van der Waals surface area contributed by atoms with E-state index in [0.29, 0.717) is 0 Å². The summed E-state index contributed by atoms with van der Waals surface area (Å²) in [4.78, 5) is 0. The summed E-state index contributed by atoms with van der Waals surface area (Å²) in [7, 11) is 0. The van der Waals surface area contributed by atoms with Gasteiger partial charge in [0, 0.05) is 0 Å². The standard InChI is InChI=1S/3C14H22O.Al/c3*1-13(2,3)10-7-8-12(15)11(9-10)14(4,5)6;/h3*7-9,15H,1-6H3;/q;;;+3/p-3. The summed E-state index contributed by atoms with van der Waals surface area (Å²) in [5.74, 6) is 0.446. The molecule has 0 saturated heterocycles. The molecule has 0 radical (unpaired) electrons. The summed E-state index contributed by atoms with van der Waals surface area (Å²) in [5.41, 5.74) is 6.52. The van der Waals surface area contributed by atoms with Crippen molar-refractivity contribution in [3.63, 3.8) is 0 Å². The Hall–Kier alpha value is -2.41. The summed E-state index contributed by atoms with van der Waals surface area (Å²) in [5, 5.41) is 35.2. The number of benzene rings is 3. The number of hydrogen-bond acceptors (Lipinski definition) is 3. The van der Waals surface area contributed by atoms with Gasteiger partial charge in [-0.3, -0.25) is 0 Å². The van der Waals surface area contributed by atoms with Gasteiger partial charge in [-0.1, -0.05) is 196 Å². The number of rotatable bonds is 0. The van der Waals surface area contributed by atoms with Crippen LogP contribution in [0, 0.1) is 0 Å². The molecule has 46 heavy (non-hydrogen) atoms. The van der Waals surface area contributed by atoms with Crippen molar-refractivity contribution in [2.45, 2.75) is 157 Å². The van der Waals surface area contributed by atoms with Gasteiger partial charge in [0.2, 0.25) is 0 Å². The van der Waals surface area contributed by atoms with Crippen LogP contribution in [0.2, 0.25) is 0 Å². The summed E-state index contributed by atoms with van der Waals surface area (Å²) in [6, 6.07) is 17.1. The molecular weight excluding hydrogens is 579 g/mol. The van der Waals surface area contributed by atoms with E-state index in [0.717, 1.165) is 16.7 Å². The fraction of sp³-hybridized carbons (Fsp3) is 0.571. The van der Waals surface area contributed by atoms with E-state index in [2.05, 4.69) is 143 Å². The third-order valence-electron chi connectivity index (χ3n) is 7.96. The quantitative estimate of drug-likeness (QED) is 0.229. The molecule has 0 spiro atoms. The van der Waals surface area contributed by atoms with Crippen LogP contribution in [0.25, 0.3) is 0 Å². The van der Waals surface area contributed by atoms with Crippen LogP contribution < -0.4 is 15.3 Å². The van der Waals surface area contributed by atoms with Crippen LogP contribution in [0.5, 0.6) is 17.2 Å². The molecule has 0 N–H and O–H groups in total. The Kier molecular flexibility index (Phi) is 14.4. The van der Waals surface area contributed by atoms with E-state index in [1.54, 1.807) is 18.2 Å². The van der Waals surface area contributed by atoms with Crippen LogP contribution in [0.3, 0.4) is 0 Å². The van der Waals surface area contributed by atoms with E-state index >= 15 is 0 Å². The van der Waals surface area contributed by atoms with Crippen molar-refractivity contribution in [3.8, 4) is 17.2 Å². The molecule has 0 atom stereocenters. The van der Waals surface area contributed by atoms with Gasteiger partial charge in [-0.05, 0) is 49.2 Å². The van der Waals surface area contributed by atoms with E-state index in [1.807, 2.05) is 18.2 Å². The first kappa shape index (κ1) is 43.6. The van der Waals surface area contributed by atoms with Crippen LogP contribution in [0.15, 0.2) is 54.6 Å². The molecule has 0 aromatic heterocycles. The van der Waals surface area contributed by atoms with E-state index < -0.39 is 0 Å². The Morgan fingerprint density at radius 1 is 0.304 bits per heavy atom. The first-order valence-electron chi connectivity index (χ1n) is 16.3. The molecule has 3 rings (SSSR count). The van der Waals surface area contributed by atoms with Gasteiger partial charge < -0.3 is 15.3 Å². The summed E-state index contributed by atoms with van der Waals surface area (Å²) in [6.45, 7) is 38.2. The smallest absolute Gasteiger partial charge is 0.872 e. The van der Waals surface area contributed by atoms with Gasteiger partial charge in [0.1, 0.15) is 0 Å². The zero-order valence-corrected chi connectivity index (χ0v) is 33.7. The predicted octanol–water partition coefficient (Wildman–Crippen LogP) is 9.68. The predicted molar refractivity (Wildman–Crippen MR) is 196 cm³/mol. The van der Waals surface area contributed by atoms with Gasteiger partial charge in [0.05, 0.1) is 0 Å². The second-order valence-corrected chi connectivity index (χ2v) is 18.6. The minimum Gasteiger partial charge on any atom is -0.872 e. The van der Waals surface area contributed by atoms with Crippen molar-refractivity contribution in [1.82, 2.24) is 0 Å². The molecule has 0 unspecified atom stereocenters. The van der Waals surface area contributed by atoms with Gasteiger partial charge in [0.25, 0.3) is 0 Å². The Labute approximate surface area is 294 Å². The molecule has 3 aromatic carbocycles. The van der Waals surface area contributed by atoms with Crippen molar-refractivity contribution in [2.24, 2.45) is 0 Å². The summed E-state index contributed by atoms with van der Waals surface area (Å²) >= 11 is 0. The third kappa shape index (κ3) is 13.0. The molecule has 4 heteroatoms. The van der Waals surface area contributed by atoms with E-state index in [1.165, 1.54) is 16.7 Å². The Morgan fingerprint density at radius 3 is 0.609 bits per heavy atom. The molecular formula is C42H63AlO3. The fourth-order valence-electron chi connectivity index (χ4n) is 4.75. The molecule has 252 valence electrons. The number of hydrogen-bond donors (Lipinski definition) is 0. The Morgan fingerprint density at radius 2 is 0.478 bits per heavy atom. The maximum absolute atomic E-state index is 11.7. The second-order valence-electron chi connectivity index (χ2n) is 18.6. The molecule has 0 heterocycles. The van der Waals surface area contributed by atoms with Gasteiger partial charge in [0.15, 0.2) is 0 Å². The van der Waals surface area contributed by atoms with Crippen LogP contribution in [0.1, 0.15) is 158 Å². The third-order valence-corrected chi connectivity index (χ3v) is 7.96. The maximum atomic E-state index is 11.7. The van der Waals surface area contributed by atoms with Crippen molar-refractivity contribution in [1.29, 1.82) is 0 Å². The molecule has 0 saturated carbocycles. The molecule has 0 aliphatic rings. The zero-order chi connectivity index (χ0) is 35.6. The van der Waals surface area contributed by atoms with Crippen molar-refractivity contribution < 1.29 is 15.3 Å².